The minimum Gasteiger partial charge on any atom is -0.312 e. The fourth-order valence-electron chi connectivity index (χ4n) is 2.90. The molecule has 0 saturated heterocycles. The molecule has 98 valence electrons. The first kappa shape index (κ1) is 12.2. The molecule has 3 rings (SSSR count). The van der Waals surface area contributed by atoms with E-state index in [1.54, 1.807) is 5.56 Å². The molecule has 0 aromatic heterocycles. The third-order valence-electron chi connectivity index (χ3n) is 4.95. The molecule has 1 aromatic rings. The molecular weight excluding hydrogens is 218 g/mol. The molecule has 0 amide bonds. The van der Waals surface area contributed by atoms with Gasteiger partial charge in [0.2, 0.25) is 0 Å². The zero-order valence-corrected chi connectivity index (χ0v) is 11.7. The summed E-state index contributed by atoms with van der Waals surface area (Å²) in [6, 6.07) is 9.25. The molecule has 0 atom stereocenters. The molecule has 1 N–H and O–H groups in total. The third-order valence-corrected chi connectivity index (χ3v) is 4.95. The Morgan fingerprint density at radius 3 is 2.33 bits per heavy atom. The lowest BCUT2D eigenvalue weighted by Crippen LogP contribution is -2.27. The van der Waals surface area contributed by atoms with Crippen molar-refractivity contribution in [3.05, 3.63) is 35.4 Å². The van der Waals surface area contributed by atoms with Gasteiger partial charge in [-0.2, -0.15) is 0 Å². The lowest BCUT2D eigenvalue weighted by atomic mass is 9.92. The van der Waals surface area contributed by atoms with Crippen molar-refractivity contribution < 1.29 is 0 Å². The summed E-state index contributed by atoms with van der Waals surface area (Å²) in [6.45, 7) is 6.94. The fraction of sp³-hybridized carbons (Fsp3) is 0.647. The third kappa shape index (κ3) is 2.61. The van der Waals surface area contributed by atoms with Gasteiger partial charge in [-0.3, -0.25) is 0 Å². The molecule has 0 bridgehead atoms. The first-order chi connectivity index (χ1) is 8.70. The van der Waals surface area contributed by atoms with E-state index in [4.69, 9.17) is 0 Å². The molecular formula is C17H25N. The van der Waals surface area contributed by atoms with E-state index in [-0.39, 0.29) is 0 Å². The van der Waals surface area contributed by atoms with Gasteiger partial charge in [-0.05, 0) is 54.1 Å². The number of hydrogen-bond donors (Lipinski definition) is 1. The smallest absolute Gasteiger partial charge is 0.0205 e. The van der Waals surface area contributed by atoms with Gasteiger partial charge >= 0.3 is 0 Å². The average Bonchev–Trinajstić information content (AvgIpc) is 3.25. The quantitative estimate of drug-likeness (QED) is 0.793. The first-order valence-electron chi connectivity index (χ1n) is 7.49. The van der Waals surface area contributed by atoms with Gasteiger partial charge in [0.15, 0.2) is 0 Å². The monoisotopic (exact) mass is 243 g/mol. The van der Waals surface area contributed by atoms with Crippen molar-refractivity contribution in [3.8, 4) is 0 Å². The molecule has 0 heterocycles. The van der Waals surface area contributed by atoms with Crippen LogP contribution in [-0.2, 0) is 6.54 Å². The van der Waals surface area contributed by atoms with Crippen LogP contribution in [0.2, 0.25) is 0 Å². The fourth-order valence-corrected chi connectivity index (χ4v) is 2.90. The highest BCUT2D eigenvalue weighted by molar-refractivity contribution is 5.28. The number of rotatable bonds is 6. The molecule has 2 saturated carbocycles. The van der Waals surface area contributed by atoms with E-state index in [0.29, 0.717) is 5.41 Å². The van der Waals surface area contributed by atoms with Crippen molar-refractivity contribution in [1.82, 2.24) is 5.32 Å². The van der Waals surface area contributed by atoms with Gasteiger partial charge < -0.3 is 5.32 Å². The first-order valence-corrected chi connectivity index (χ1v) is 7.49. The van der Waals surface area contributed by atoms with Crippen LogP contribution in [0.15, 0.2) is 24.3 Å². The van der Waals surface area contributed by atoms with Crippen molar-refractivity contribution >= 4 is 0 Å². The summed E-state index contributed by atoms with van der Waals surface area (Å²) >= 11 is 0. The zero-order chi connectivity index (χ0) is 12.6. The highest BCUT2D eigenvalue weighted by atomic mass is 14.9. The summed E-state index contributed by atoms with van der Waals surface area (Å²) in [6.07, 6.45) is 5.62. The second-order valence-corrected chi connectivity index (χ2v) is 6.64. The van der Waals surface area contributed by atoms with Gasteiger partial charge in [0.25, 0.3) is 0 Å². The largest absolute Gasteiger partial charge is 0.312 e. The highest BCUT2D eigenvalue weighted by Crippen LogP contribution is 2.51. The minimum atomic E-state index is 0.619. The van der Waals surface area contributed by atoms with Crippen molar-refractivity contribution in [3.63, 3.8) is 0 Å². The predicted octanol–water partition coefficient (Wildman–Crippen LogP) is 4.09. The number of nitrogens with one attached hydrogen (secondary N) is 1. The van der Waals surface area contributed by atoms with Gasteiger partial charge in [-0.15, -0.1) is 0 Å². The summed E-state index contributed by atoms with van der Waals surface area (Å²) < 4.78 is 0. The maximum absolute atomic E-state index is 3.65. The van der Waals surface area contributed by atoms with E-state index in [1.165, 1.54) is 37.8 Å². The predicted molar refractivity (Wildman–Crippen MR) is 76.6 cm³/mol. The zero-order valence-electron chi connectivity index (χ0n) is 11.7. The van der Waals surface area contributed by atoms with E-state index in [0.717, 1.165) is 18.4 Å². The maximum Gasteiger partial charge on any atom is 0.0205 e. The summed E-state index contributed by atoms with van der Waals surface area (Å²) in [5, 5.41) is 3.65. The van der Waals surface area contributed by atoms with Crippen molar-refractivity contribution in [2.24, 2.45) is 11.3 Å². The van der Waals surface area contributed by atoms with Gasteiger partial charge in [-0.1, -0.05) is 38.1 Å². The van der Waals surface area contributed by atoms with E-state index in [2.05, 4.69) is 43.4 Å². The normalized spacial score (nSPS) is 21.3. The molecule has 0 radical (unpaired) electrons. The van der Waals surface area contributed by atoms with Crippen molar-refractivity contribution in [1.29, 1.82) is 0 Å². The van der Waals surface area contributed by atoms with Gasteiger partial charge in [0.1, 0.15) is 0 Å². The van der Waals surface area contributed by atoms with Crippen LogP contribution in [0.5, 0.6) is 0 Å². The van der Waals surface area contributed by atoms with Crippen LogP contribution in [0.1, 0.15) is 56.6 Å². The van der Waals surface area contributed by atoms with E-state index >= 15 is 0 Å². The highest BCUT2D eigenvalue weighted by Gasteiger charge is 2.44. The molecule has 2 fully saturated rings. The molecule has 0 unspecified atom stereocenters. The van der Waals surface area contributed by atoms with E-state index in [1.807, 2.05) is 0 Å². The van der Waals surface area contributed by atoms with Gasteiger partial charge in [0, 0.05) is 13.1 Å². The summed E-state index contributed by atoms with van der Waals surface area (Å²) in [4.78, 5) is 0. The van der Waals surface area contributed by atoms with Crippen LogP contribution in [0.25, 0.3) is 0 Å². The molecule has 1 nitrogen and oxygen atoms in total. The van der Waals surface area contributed by atoms with Crippen LogP contribution >= 0.6 is 0 Å². The second-order valence-electron chi connectivity index (χ2n) is 6.64. The van der Waals surface area contributed by atoms with Crippen LogP contribution in [0.4, 0.5) is 0 Å². The molecule has 2 aliphatic carbocycles. The molecule has 1 aromatic carbocycles. The van der Waals surface area contributed by atoms with Crippen molar-refractivity contribution in [2.45, 2.75) is 52.0 Å². The molecule has 0 aliphatic heterocycles. The Morgan fingerprint density at radius 2 is 1.83 bits per heavy atom. The Morgan fingerprint density at radius 1 is 1.17 bits per heavy atom. The Kier molecular flexibility index (Phi) is 3.19. The topological polar surface area (TPSA) is 12.0 Å². The van der Waals surface area contributed by atoms with Crippen LogP contribution in [-0.4, -0.2) is 6.54 Å². The lowest BCUT2D eigenvalue weighted by molar-refractivity contribution is 0.338. The van der Waals surface area contributed by atoms with E-state index in [9.17, 15) is 0 Å². The Balaban J connectivity index is 1.48. The number of benzene rings is 1. The van der Waals surface area contributed by atoms with Gasteiger partial charge in [-0.25, -0.2) is 0 Å². The standard InChI is InChI=1S/C17H25N/c1-13(2)17(9-10-17)12-18-11-14-3-5-15(6-4-14)16-7-8-16/h3-6,13,16,18H,7-12H2,1-2H3. The van der Waals surface area contributed by atoms with Gasteiger partial charge in [0.05, 0.1) is 0 Å². The minimum absolute atomic E-state index is 0.619. The summed E-state index contributed by atoms with van der Waals surface area (Å²) in [7, 11) is 0. The summed E-state index contributed by atoms with van der Waals surface area (Å²) in [5.74, 6) is 1.70. The molecule has 0 spiro atoms. The van der Waals surface area contributed by atoms with Crippen LogP contribution < -0.4 is 5.32 Å². The SMILES string of the molecule is CC(C)C1(CNCc2ccc(C3CC3)cc2)CC1. The van der Waals surface area contributed by atoms with Crippen LogP contribution in [0.3, 0.4) is 0 Å². The average molecular weight is 243 g/mol. The Hall–Kier alpha value is -0.820. The Labute approximate surface area is 111 Å². The second kappa shape index (κ2) is 4.70. The maximum atomic E-state index is 3.65. The summed E-state index contributed by atoms with van der Waals surface area (Å²) in [5.41, 5.74) is 3.59. The van der Waals surface area contributed by atoms with Crippen LogP contribution in [0, 0.1) is 11.3 Å². The van der Waals surface area contributed by atoms with E-state index < -0.39 is 0 Å². The molecule has 1 heteroatoms. The van der Waals surface area contributed by atoms with Crippen molar-refractivity contribution in [2.75, 3.05) is 6.54 Å². The molecule has 18 heavy (non-hydrogen) atoms. The molecule has 2 aliphatic rings. The lowest BCUT2D eigenvalue weighted by Gasteiger charge is -2.20. The number of hydrogen-bond acceptors (Lipinski definition) is 1. The Bertz CT molecular complexity index is 396.